The van der Waals surface area contributed by atoms with Gasteiger partial charge in [-0.3, -0.25) is 0 Å². The van der Waals surface area contributed by atoms with E-state index >= 15 is 0 Å². The Balaban J connectivity index is 2.18. The van der Waals surface area contributed by atoms with Gasteiger partial charge in [-0.1, -0.05) is 50.6 Å². The average Bonchev–Trinajstić information content (AvgIpc) is 2.58. The van der Waals surface area contributed by atoms with Crippen LogP contribution in [0.1, 0.15) is 44.1 Å². The van der Waals surface area contributed by atoms with Gasteiger partial charge in [0.1, 0.15) is 0 Å². The highest BCUT2D eigenvalue weighted by atomic mass is 35.5. The van der Waals surface area contributed by atoms with Gasteiger partial charge in [-0.15, -0.1) is 11.6 Å². The van der Waals surface area contributed by atoms with Crippen molar-refractivity contribution in [3.05, 3.63) is 35.9 Å². The molecule has 0 heterocycles. The normalized spacial score (nSPS) is 26.5. The molecule has 1 aromatic carbocycles. The van der Waals surface area contributed by atoms with E-state index in [0.29, 0.717) is 11.3 Å². The zero-order valence-corrected chi connectivity index (χ0v) is 10.3. The second-order valence-electron chi connectivity index (χ2n) is 5.30. The first kappa shape index (κ1) is 11.0. The van der Waals surface area contributed by atoms with Gasteiger partial charge in [-0.25, -0.2) is 0 Å². The molecule has 0 N–H and O–H groups in total. The summed E-state index contributed by atoms with van der Waals surface area (Å²) < 4.78 is 0. The van der Waals surface area contributed by atoms with Gasteiger partial charge in [0.2, 0.25) is 0 Å². The summed E-state index contributed by atoms with van der Waals surface area (Å²) in [6.45, 7) is 4.70. The third-order valence-electron chi connectivity index (χ3n) is 3.81. The SMILES string of the molecule is CC1(C)CCCC1C(Cl)c1ccccc1. The Morgan fingerprint density at radius 2 is 1.93 bits per heavy atom. The zero-order valence-electron chi connectivity index (χ0n) is 9.54. The molecule has 0 spiro atoms. The summed E-state index contributed by atoms with van der Waals surface area (Å²) in [7, 11) is 0. The molecule has 1 aromatic rings. The first-order valence-corrected chi connectivity index (χ1v) is 6.24. The molecule has 82 valence electrons. The lowest BCUT2D eigenvalue weighted by Gasteiger charge is -2.31. The molecule has 15 heavy (non-hydrogen) atoms. The van der Waals surface area contributed by atoms with Crippen LogP contribution >= 0.6 is 11.6 Å². The van der Waals surface area contributed by atoms with E-state index in [9.17, 15) is 0 Å². The third kappa shape index (κ3) is 2.20. The monoisotopic (exact) mass is 222 g/mol. The quantitative estimate of drug-likeness (QED) is 0.631. The smallest absolute Gasteiger partial charge is 0.0618 e. The molecule has 1 saturated carbocycles. The summed E-state index contributed by atoms with van der Waals surface area (Å²) in [5.74, 6) is 0.626. The lowest BCUT2D eigenvalue weighted by molar-refractivity contribution is 0.252. The van der Waals surface area contributed by atoms with Crippen LogP contribution in [0.3, 0.4) is 0 Å². The number of alkyl halides is 1. The van der Waals surface area contributed by atoms with Crippen molar-refractivity contribution in [2.75, 3.05) is 0 Å². The second-order valence-corrected chi connectivity index (χ2v) is 5.77. The van der Waals surface area contributed by atoms with Gasteiger partial charge in [0.05, 0.1) is 5.38 Å². The van der Waals surface area contributed by atoms with Crippen LogP contribution in [0.2, 0.25) is 0 Å². The summed E-state index contributed by atoms with van der Waals surface area (Å²) in [4.78, 5) is 0. The number of hydrogen-bond acceptors (Lipinski definition) is 0. The predicted octanol–water partition coefficient (Wildman–Crippen LogP) is 4.79. The van der Waals surface area contributed by atoms with Gasteiger partial charge in [-0.05, 0) is 29.7 Å². The molecule has 1 aliphatic carbocycles. The molecule has 0 amide bonds. The Morgan fingerprint density at radius 3 is 2.47 bits per heavy atom. The summed E-state index contributed by atoms with van der Waals surface area (Å²) in [6, 6.07) is 10.5. The summed E-state index contributed by atoms with van der Waals surface area (Å²) in [6.07, 6.45) is 3.91. The van der Waals surface area contributed by atoms with E-state index in [-0.39, 0.29) is 5.38 Å². The van der Waals surface area contributed by atoms with Crippen molar-refractivity contribution in [2.24, 2.45) is 11.3 Å². The molecule has 1 fully saturated rings. The molecule has 2 unspecified atom stereocenters. The Morgan fingerprint density at radius 1 is 1.27 bits per heavy atom. The largest absolute Gasteiger partial charge is 0.118 e. The Kier molecular flexibility index (Phi) is 3.06. The van der Waals surface area contributed by atoms with Crippen LogP contribution in [0.5, 0.6) is 0 Å². The number of benzene rings is 1. The molecule has 1 aliphatic rings. The van der Waals surface area contributed by atoms with Gasteiger partial charge >= 0.3 is 0 Å². The van der Waals surface area contributed by atoms with Gasteiger partial charge in [-0.2, -0.15) is 0 Å². The van der Waals surface area contributed by atoms with Crippen LogP contribution < -0.4 is 0 Å². The highest BCUT2D eigenvalue weighted by molar-refractivity contribution is 6.21. The molecule has 0 radical (unpaired) electrons. The van der Waals surface area contributed by atoms with Crippen molar-refractivity contribution in [3.63, 3.8) is 0 Å². The third-order valence-corrected chi connectivity index (χ3v) is 4.37. The van der Waals surface area contributed by atoms with E-state index in [1.165, 1.54) is 24.8 Å². The highest BCUT2D eigenvalue weighted by Gasteiger charge is 2.39. The number of halogens is 1. The first-order valence-electron chi connectivity index (χ1n) is 5.80. The van der Waals surface area contributed by atoms with E-state index in [2.05, 4.69) is 38.1 Å². The topological polar surface area (TPSA) is 0 Å². The van der Waals surface area contributed by atoms with Crippen molar-refractivity contribution < 1.29 is 0 Å². The minimum atomic E-state index is 0.184. The predicted molar refractivity (Wildman–Crippen MR) is 66.2 cm³/mol. The Bertz CT molecular complexity index is 315. The van der Waals surface area contributed by atoms with Gasteiger partial charge in [0.25, 0.3) is 0 Å². The van der Waals surface area contributed by atoms with Crippen molar-refractivity contribution in [3.8, 4) is 0 Å². The van der Waals surface area contributed by atoms with Gasteiger partial charge in [0, 0.05) is 0 Å². The molecule has 2 rings (SSSR count). The van der Waals surface area contributed by atoms with E-state index in [1.54, 1.807) is 0 Å². The molecule has 0 nitrogen and oxygen atoms in total. The molecule has 1 heteroatoms. The molecule has 0 aliphatic heterocycles. The van der Waals surface area contributed by atoms with Crippen LogP contribution in [-0.2, 0) is 0 Å². The Hall–Kier alpha value is -0.490. The fourth-order valence-corrected chi connectivity index (χ4v) is 3.38. The fraction of sp³-hybridized carbons (Fsp3) is 0.571. The van der Waals surface area contributed by atoms with Crippen molar-refractivity contribution in [1.82, 2.24) is 0 Å². The zero-order chi connectivity index (χ0) is 10.9. The summed E-state index contributed by atoms with van der Waals surface area (Å²) in [5, 5.41) is 0.184. The fourth-order valence-electron chi connectivity index (χ4n) is 2.77. The molecular formula is C14H19Cl. The van der Waals surface area contributed by atoms with Crippen molar-refractivity contribution in [1.29, 1.82) is 0 Å². The lowest BCUT2D eigenvalue weighted by Crippen LogP contribution is -2.21. The lowest BCUT2D eigenvalue weighted by atomic mass is 9.78. The molecule has 0 saturated heterocycles. The van der Waals surface area contributed by atoms with E-state index < -0.39 is 0 Å². The standard InChI is InChI=1S/C14H19Cl/c1-14(2)10-6-9-12(14)13(15)11-7-4-3-5-8-11/h3-5,7-8,12-13H,6,9-10H2,1-2H3. The molecular weight excluding hydrogens is 204 g/mol. The molecule has 0 aromatic heterocycles. The van der Waals surface area contributed by atoms with Crippen LogP contribution in [-0.4, -0.2) is 0 Å². The van der Waals surface area contributed by atoms with E-state index in [1.807, 2.05) is 6.07 Å². The number of rotatable bonds is 2. The second kappa shape index (κ2) is 4.17. The highest BCUT2D eigenvalue weighted by Crippen LogP contribution is 2.50. The maximum Gasteiger partial charge on any atom is 0.0618 e. The maximum absolute atomic E-state index is 6.60. The summed E-state index contributed by atoms with van der Waals surface area (Å²) in [5.41, 5.74) is 1.68. The maximum atomic E-state index is 6.60. The van der Waals surface area contributed by atoms with Crippen LogP contribution in [0.15, 0.2) is 30.3 Å². The summed E-state index contributed by atoms with van der Waals surface area (Å²) >= 11 is 6.60. The first-order chi connectivity index (χ1) is 7.11. The van der Waals surface area contributed by atoms with Crippen molar-refractivity contribution in [2.45, 2.75) is 38.5 Å². The Labute approximate surface area is 97.6 Å². The van der Waals surface area contributed by atoms with Crippen LogP contribution in [0.25, 0.3) is 0 Å². The molecule has 2 atom stereocenters. The molecule has 0 bridgehead atoms. The average molecular weight is 223 g/mol. The van der Waals surface area contributed by atoms with E-state index in [4.69, 9.17) is 11.6 Å². The van der Waals surface area contributed by atoms with Crippen LogP contribution in [0, 0.1) is 11.3 Å². The van der Waals surface area contributed by atoms with Gasteiger partial charge < -0.3 is 0 Å². The van der Waals surface area contributed by atoms with Gasteiger partial charge in [0.15, 0.2) is 0 Å². The van der Waals surface area contributed by atoms with Crippen LogP contribution in [0.4, 0.5) is 0 Å². The van der Waals surface area contributed by atoms with E-state index in [0.717, 1.165) is 0 Å². The number of hydrogen-bond donors (Lipinski definition) is 0. The minimum absolute atomic E-state index is 0.184. The van der Waals surface area contributed by atoms with Crippen molar-refractivity contribution >= 4 is 11.6 Å². The minimum Gasteiger partial charge on any atom is -0.118 e.